The van der Waals surface area contributed by atoms with E-state index in [9.17, 15) is 4.79 Å². The van der Waals surface area contributed by atoms with E-state index in [1.54, 1.807) is 14.2 Å². The highest BCUT2D eigenvalue weighted by Crippen LogP contribution is 2.24. The second kappa shape index (κ2) is 7.88. The normalized spacial score (nSPS) is 19.3. The molecule has 1 aromatic rings. The van der Waals surface area contributed by atoms with Gasteiger partial charge in [0.15, 0.2) is 0 Å². The van der Waals surface area contributed by atoms with Crippen molar-refractivity contribution in [2.24, 2.45) is 0 Å². The van der Waals surface area contributed by atoms with Crippen LogP contribution in [0.2, 0.25) is 0 Å². The summed E-state index contributed by atoms with van der Waals surface area (Å²) >= 11 is 0. The zero-order valence-corrected chi connectivity index (χ0v) is 12.8. The van der Waals surface area contributed by atoms with E-state index < -0.39 is 0 Å². The minimum absolute atomic E-state index is 0.133. The van der Waals surface area contributed by atoms with Crippen LogP contribution in [0.4, 0.5) is 0 Å². The molecule has 116 valence electrons. The monoisotopic (exact) mass is 292 g/mol. The number of amides is 1. The summed E-state index contributed by atoms with van der Waals surface area (Å²) in [7, 11) is 3.29. The molecule has 2 N–H and O–H groups in total. The number of hydrogen-bond acceptors (Lipinski definition) is 4. The summed E-state index contributed by atoms with van der Waals surface area (Å²) in [6, 6.07) is 6.01. The maximum absolute atomic E-state index is 11.7. The fraction of sp³-hybridized carbons (Fsp3) is 0.562. The Morgan fingerprint density at radius 1 is 1.29 bits per heavy atom. The Morgan fingerprint density at radius 2 is 2.14 bits per heavy atom. The number of ether oxygens (including phenoxy) is 2. The highest BCUT2D eigenvalue weighted by molar-refractivity contribution is 5.76. The van der Waals surface area contributed by atoms with E-state index in [0.29, 0.717) is 13.0 Å². The molecule has 1 unspecified atom stereocenters. The lowest BCUT2D eigenvalue weighted by molar-refractivity contribution is -0.121. The molecule has 0 spiro atoms. The SMILES string of the molecule is COc1ccc(CNC2CCCCNC(=O)C2)c(OC)c1. The van der Waals surface area contributed by atoms with E-state index in [1.165, 1.54) is 0 Å². The number of methoxy groups -OCH3 is 2. The van der Waals surface area contributed by atoms with Gasteiger partial charge in [-0.1, -0.05) is 12.5 Å². The lowest BCUT2D eigenvalue weighted by Gasteiger charge is -2.21. The molecule has 1 aliphatic rings. The van der Waals surface area contributed by atoms with Crippen molar-refractivity contribution in [2.75, 3.05) is 20.8 Å². The molecule has 2 rings (SSSR count). The highest BCUT2D eigenvalue weighted by atomic mass is 16.5. The van der Waals surface area contributed by atoms with E-state index in [-0.39, 0.29) is 11.9 Å². The summed E-state index contributed by atoms with van der Waals surface area (Å²) in [6.45, 7) is 1.49. The van der Waals surface area contributed by atoms with Crippen LogP contribution in [0.3, 0.4) is 0 Å². The topological polar surface area (TPSA) is 59.6 Å². The van der Waals surface area contributed by atoms with E-state index in [0.717, 1.165) is 42.9 Å². The van der Waals surface area contributed by atoms with Crippen LogP contribution < -0.4 is 20.1 Å². The Bertz CT molecular complexity index is 477. The number of carbonyl (C=O) groups excluding carboxylic acids is 1. The second-order valence-corrected chi connectivity index (χ2v) is 5.31. The Labute approximate surface area is 126 Å². The fourth-order valence-corrected chi connectivity index (χ4v) is 2.57. The summed E-state index contributed by atoms with van der Waals surface area (Å²) in [5, 5.41) is 6.40. The van der Waals surface area contributed by atoms with Gasteiger partial charge in [0.2, 0.25) is 5.91 Å². The summed E-state index contributed by atoms with van der Waals surface area (Å²) in [5.74, 6) is 1.71. The third kappa shape index (κ3) is 4.63. The molecular weight excluding hydrogens is 268 g/mol. The molecule has 1 aliphatic heterocycles. The number of carbonyl (C=O) groups is 1. The number of benzene rings is 1. The zero-order chi connectivity index (χ0) is 15.1. The zero-order valence-electron chi connectivity index (χ0n) is 12.8. The van der Waals surface area contributed by atoms with Gasteiger partial charge in [-0.2, -0.15) is 0 Å². The minimum atomic E-state index is 0.133. The largest absolute Gasteiger partial charge is 0.497 e. The molecule has 0 radical (unpaired) electrons. The Kier molecular flexibility index (Phi) is 5.87. The van der Waals surface area contributed by atoms with Gasteiger partial charge < -0.3 is 20.1 Å². The van der Waals surface area contributed by atoms with Crippen molar-refractivity contribution in [3.05, 3.63) is 23.8 Å². The second-order valence-electron chi connectivity index (χ2n) is 5.31. The molecule has 21 heavy (non-hydrogen) atoms. The summed E-state index contributed by atoms with van der Waals surface area (Å²) < 4.78 is 10.6. The Morgan fingerprint density at radius 3 is 2.90 bits per heavy atom. The molecule has 1 aromatic carbocycles. The first-order valence-corrected chi connectivity index (χ1v) is 7.44. The first-order chi connectivity index (χ1) is 10.2. The van der Waals surface area contributed by atoms with Crippen LogP contribution in [0.25, 0.3) is 0 Å². The third-order valence-electron chi connectivity index (χ3n) is 3.81. The quantitative estimate of drug-likeness (QED) is 0.869. The van der Waals surface area contributed by atoms with Gasteiger partial charge in [-0.25, -0.2) is 0 Å². The van der Waals surface area contributed by atoms with Gasteiger partial charge in [0.05, 0.1) is 14.2 Å². The average Bonchev–Trinajstić information content (AvgIpc) is 2.49. The van der Waals surface area contributed by atoms with Gasteiger partial charge in [0.25, 0.3) is 0 Å². The van der Waals surface area contributed by atoms with Crippen LogP contribution >= 0.6 is 0 Å². The van der Waals surface area contributed by atoms with Crippen molar-refractivity contribution in [1.82, 2.24) is 10.6 Å². The molecule has 5 nitrogen and oxygen atoms in total. The van der Waals surface area contributed by atoms with E-state index in [1.807, 2.05) is 18.2 Å². The van der Waals surface area contributed by atoms with Crippen molar-refractivity contribution >= 4 is 5.91 Å². The molecule has 0 aromatic heterocycles. The first kappa shape index (κ1) is 15.6. The predicted octanol–water partition coefficient (Wildman–Crippen LogP) is 1.85. The van der Waals surface area contributed by atoms with Crippen molar-refractivity contribution in [1.29, 1.82) is 0 Å². The summed E-state index contributed by atoms with van der Waals surface area (Å²) in [4.78, 5) is 11.7. The molecule has 5 heteroatoms. The van der Waals surface area contributed by atoms with Crippen LogP contribution in [0, 0.1) is 0 Å². The lowest BCUT2D eigenvalue weighted by Crippen LogP contribution is -2.37. The number of rotatable bonds is 5. The molecule has 0 saturated carbocycles. The Hall–Kier alpha value is -1.75. The maximum Gasteiger partial charge on any atom is 0.221 e. The van der Waals surface area contributed by atoms with Crippen LogP contribution in [0.1, 0.15) is 31.2 Å². The van der Waals surface area contributed by atoms with Crippen molar-refractivity contribution in [2.45, 2.75) is 38.3 Å². The molecule has 0 bridgehead atoms. The Balaban J connectivity index is 1.96. The van der Waals surface area contributed by atoms with E-state index in [2.05, 4.69) is 10.6 Å². The van der Waals surface area contributed by atoms with Crippen molar-refractivity contribution < 1.29 is 14.3 Å². The highest BCUT2D eigenvalue weighted by Gasteiger charge is 2.16. The number of hydrogen-bond donors (Lipinski definition) is 2. The number of nitrogens with one attached hydrogen (secondary N) is 2. The standard InChI is InChI=1S/C16H24N2O3/c1-20-14-7-6-12(15(10-14)21-2)11-18-13-5-3-4-8-17-16(19)9-13/h6-7,10,13,18H,3-5,8-9,11H2,1-2H3,(H,17,19). The maximum atomic E-state index is 11.7. The van der Waals surface area contributed by atoms with Gasteiger partial charge >= 0.3 is 0 Å². The van der Waals surface area contributed by atoms with Crippen LogP contribution in [-0.4, -0.2) is 32.7 Å². The molecule has 0 aliphatic carbocycles. The smallest absolute Gasteiger partial charge is 0.221 e. The first-order valence-electron chi connectivity index (χ1n) is 7.44. The minimum Gasteiger partial charge on any atom is -0.497 e. The molecule has 1 atom stereocenters. The fourth-order valence-electron chi connectivity index (χ4n) is 2.57. The van der Waals surface area contributed by atoms with E-state index in [4.69, 9.17) is 9.47 Å². The summed E-state index contributed by atoms with van der Waals surface area (Å²) in [5.41, 5.74) is 1.07. The van der Waals surface area contributed by atoms with Crippen LogP contribution in [0.5, 0.6) is 11.5 Å². The van der Waals surface area contributed by atoms with Crippen LogP contribution in [0.15, 0.2) is 18.2 Å². The predicted molar refractivity (Wildman–Crippen MR) is 81.7 cm³/mol. The molecule has 1 saturated heterocycles. The van der Waals surface area contributed by atoms with E-state index >= 15 is 0 Å². The summed E-state index contributed by atoms with van der Waals surface area (Å²) in [6.07, 6.45) is 3.76. The van der Waals surface area contributed by atoms with Gasteiger partial charge in [0.1, 0.15) is 11.5 Å². The molecule has 1 amide bonds. The van der Waals surface area contributed by atoms with Crippen molar-refractivity contribution in [3.63, 3.8) is 0 Å². The molecule has 1 heterocycles. The van der Waals surface area contributed by atoms with Gasteiger partial charge in [-0.3, -0.25) is 4.79 Å². The van der Waals surface area contributed by atoms with Crippen molar-refractivity contribution in [3.8, 4) is 11.5 Å². The molecule has 1 fully saturated rings. The van der Waals surface area contributed by atoms with Gasteiger partial charge in [-0.05, 0) is 18.9 Å². The molecular formula is C16H24N2O3. The average molecular weight is 292 g/mol. The lowest BCUT2D eigenvalue weighted by atomic mass is 10.0. The van der Waals surface area contributed by atoms with Gasteiger partial charge in [0, 0.05) is 37.2 Å². The van der Waals surface area contributed by atoms with Crippen LogP contribution in [-0.2, 0) is 11.3 Å². The van der Waals surface area contributed by atoms with Gasteiger partial charge in [-0.15, -0.1) is 0 Å². The third-order valence-corrected chi connectivity index (χ3v) is 3.81.